The number of anilines is 2. The lowest BCUT2D eigenvalue weighted by Crippen LogP contribution is -2.42. The standard InChI is InChI=1S/C20H17FN4O2/c21-16-8-10-17(11-9-16)23-13-14-24-18(26)19(27)25(22-20(23)24)12-4-7-15-5-2-1-3-6-15/h1-11H,12-14H2. The van der Waals surface area contributed by atoms with Gasteiger partial charge in [-0.2, -0.15) is 0 Å². The highest BCUT2D eigenvalue weighted by Gasteiger charge is 2.25. The lowest BCUT2D eigenvalue weighted by molar-refractivity contribution is 0.600. The van der Waals surface area contributed by atoms with Crippen LogP contribution in [0, 0.1) is 5.82 Å². The molecule has 136 valence electrons. The second-order valence-corrected chi connectivity index (χ2v) is 6.19. The van der Waals surface area contributed by atoms with Crippen molar-refractivity contribution in [2.24, 2.45) is 0 Å². The maximum atomic E-state index is 13.2. The van der Waals surface area contributed by atoms with Crippen molar-refractivity contribution >= 4 is 17.7 Å². The van der Waals surface area contributed by atoms with E-state index in [1.807, 2.05) is 36.4 Å². The van der Waals surface area contributed by atoms with Crippen LogP contribution in [0.4, 0.5) is 16.0 Å². The number of nitrogens with zero attached hydrogens (tertiary/aromatic N) is 4. The Balaban J connectivity index is 1.67. The molecule has 4 rings (SSSR count). The molecule has 0 unspecified atom stereocenters. The summed E-state index contributed by atoms with van der Waals surface area (Å²) >= 11 is 0. The minimum atomic E-state index is -0.655. The molecule has 0 N–H and O–H groups in total. The minimum Gasteiger partial charge on any atom is -0.309 e. The fourth-order valence-corrected chi connectivity index (χ4v) is 3.07. The minimum absolute atomic E-state index is 0.189. The van der Waals surface area contributed by atoms with E-state index < -0.39 is 11.1 Å². The van der Waals surface area contributed by atoms with Gasteiger partial charge in [-0.3, -0.25) is 14.2 Å². The van der Waals surface area contributed by atoms with Crippen molar-refractivity contribution < 1.29 is 4.39 Å². The highest BCUT2D eigenvalue weighted by molar-refractivity contribution is 5.58. The Morgan fingerprint density at radius 1 is 0.963 bits per heavy atom. The van der Waals surface area contributed by atoms with Gasteiger partial charge in [0.25, 0.3) is 0 Å². The zero-order valence-corrected chi connectivity index (χ0v) is 14.5. The number of allylic oxidation sites excluding steroid dienone is 1. The second-order valence-electron chi connectivity index (χ2n) is 6.19. The molecule has 1 aliphatic rings. The Bertz CT molecular complexity index is 1100. The summed E-state index contributed by atoms with van der Waals surface area (Å²) in [5.41, 5.74) is 0.464. The molecule has 0 saturated heterocycles. The molecule has 1 aromatic heterocycles. The van der Waals surface area contributed by atoms with Crippen LogP contribution >= 0.6 is 0 Å². The van der Waals surface area contributed by atoms with Crippen LogP contribution in [0.25, 0.3) is 6.08 Å². The third-order valence-electron chi connectivity index (χ3n) is 4.43. The van der Waals surface area contributed by atoms with Gasteiger partial charge in [0.15, 0.2) is 0 Å². The average Bonchev–Trinajstić information content (AvgIpc) is 3.11. The van der Waals surface area contributed by atoms with Crippen LogP contribution in [0.15, 0.2) is 70.3 Å². The van der Waals surface area contributed by atoms with Gasteiger partial charge in [0.1, 0.15) is 5.82 Å². The summed E-state index contributed by atoms with van der Waals surface area (Å²) in [6, 6.07) is 15.6. The molecule has 2 heterocycles. The van der Waals surface area contributed by atoms with Crippen LogP contribution in [-0.2, 0) is 13.1 Å². The van der Waals surface area contributed by atoms with Crippen molar-refractivity contribution in [2.45, 2.75) is 13.1 Å². The van der Waals surface area contributed by atoms with Crippen molar-refractivity contribution in [3.05, 3.63) is 92.8 Å². The van der Waals surface area contributed by atoms with Gasteiger partial charge < -0.3 is 4.90 Å². The van der Waals surface area contributed by atoms with E-state index in [2.05, 4.69) is 5.10 Å². The summed E-state index contributed by atoms with van der Waals surface area (Å²) in [4.78, 5) is 26.6. The maximum absolute atomic E-state index is 13.2. The largest absolute Gasteiger partial charge is 0.333 e. The monoisotopic (exact) mass is 364 g/mol. The molecule has 0 saturated carbocycles. The smallest absolute Gasteiger partial charge is 0.309 e. The van der Waals surface area contributed by atoms with E-state index in [0.29, 0.717) is 19.0 Å². The fraction of sp³-hybridized carbons (Fsp3) is 0.150. The SMILES string of the molecule is O=c1c(=O)n2c(nn1CC=Cc1ccccc1)N(c1ccc(F)cc1)CC2. The maximum Gasteiger partial charge on any atom is 0.333 e. The van der Waals surface area contributed by atoms with E-state index >= 15 is 0 Å². The summed E-state index contributed by atoms with van der Waals surface area (Å²) in [5.74, 6) is 0.0543. The van der Waals surface area contributed by atoms with E-state index in [1.165, 1.54) is 16.7 Å². The van der Waals surface area contributed by atoms with Crippen molar-refractivity contribution in [2.75, 3.05) is 11.4 Å². The molecular formula is C20H17FN4O2. The van der Waals surface area contributed by atoms with Crippen molar-refractivity contribution in [3.8, 4) is 0 Å². The summed E-state index contributed by atoms with van der Waals surface area (Å²) in [6.07, 6.45) is 3.66. The Kier molecular flexibility index (Phi) is 4.42. The van der Waals surface area contributed by atoms with Crippen LogP contribution in [0.3, 0.4) is 0 Å². The van der Waals surface area contributed by atoms with Gasteiger partial charge in [-0.1, -0.05) is 42.5 Å². The lowest BCUT2D eigenvalue weighted by Gasteiger charge is -2.17. The van der Waals surface area contributed by atoms with E-state index in [-0.39, 0.29) is 12.4 Å². The van der Waals surface area contributed by atoms with Gasteiger partial charge in [-0.15, -0.1) is 5.10 Å². The first kappa shape index (κ1) is 17.0. The van der Waals surface area contributed by atoms with Crippen LogP contribution in [0.2, 0.25) is 0 Å². The highest BCUT2D eigenvalue weighted by Crippen LogP contribution is 2.26. The first-order chi connectivity index (χ1) is 13.1. The highest BCUT2D eigenvalue weighted by atomic mass is 19.1. The number of rotatable bonds is 4. The number of halogens is 1. The van der Waals surface area contributed by atoms with Crippen LogP contribution in [0.1, 0.15) is 5.56 Å². The Morgan fingerprint density at radius 3 is 2.44 bits per heavy atom. The summed E-state index contributed by atoms with van der Waals surface area (Å²) in [7, 11) is 0. The first-order valence-corrected chi connectivity index (χ1v) is 8.60. The van der Waals surface area contributed by atoms with Gasteiger partial charge in [0.05, 0.1) is 6.54 Å². The normalized spacial score (nSPS) is 13.3. The van der Waals surface area contributed by atoms with Gasteiger partial charge in [0, 0.05) is 18.8 Å². The van der Waals surface area contributed by atoms with Crippen LogP contribution in [-0.4, -0.2) is 20.9 Å². The predicted octanol–water partition coefficient (Wildman–Crippen LogP) is 2.41. The molecule has 27 heavy (non-hydrogen) atoms. The molecule has 3 aromatic rings. The summed E-state index contributed by atoms with van der Waals surface area (Å²) in [5, 5.41) is 4.37. The van der Waals surface area contributed by atoms with Crippen molar-refractivity contribution in [1.29, 1.82) is 0 Å². The van der Waals surface area contributed by atoms with Crippen LogP contribution < -0.4 is 16.0 Å². The van der Waals surface area contributed by atoms with Crippen LogP contribution in [0.5, 0.6) is 0 Å². The first-order valence-electron chi connectivity index (χ1n) is 8.60. The molecule has 2 aromatic carbocycles. The molecule has 7 heteroatoms. The number of hydrogen-bond acceptors (Lipinski definition) is 4. The molecule has 0 spiro atoms. The number of aromatic nitrogens is 3. The quantitative estimate of drug-likeness (QED) is 0.667. The molecule has 0 amide bonds. The molecule has 0 fully saturated rings. The summed E-state index contributed by atoms with van der Waals surface area (Å²) in [6.45, 7) is 1.06. The van der Waals surface area contributed by atoms with E-state index in [0.717, 1.165) is 15.9 Å². The molecule has 0 atom stereocenters. The van der Waals surface area contributed by atoms with Gasteiger partial charge >= 0.3 is 11.1 Å². The van der Waals surface area contributed by atoms with Gasteiger partial charge in [-0.05, 0) is 29.8 Å². The average molecular weight is 364 g/mol. The van der Waals surface area contributed by atoms with Crippen molar-refractivity contribution in [1.82, 2.24) is 14.3 Å². The molecule has 0 radical (unpaired) electrons. The number of fused-ring (bicyclic) bond motifs is 1. The third kappa shape index (κ3) is 3.31. The fourth-order valence-electron chi connectivity index (χ4n) is 3.07. The zero-order chi connectivity index (χ0) is 18.8. The Labute approximate surface area is 154 Å². The molecular weight excluding hydrogens is 347 g/mol. The third-order valence-corrected chi connectivity index (χ3v) is 4.43. The van der Waals surface area contributed by atoms with E-state index in [9.17, 15) is 14.0 Å². The zero-order valence-electron chi connectivity index (χ0n) is 14.5. The van der Waals surface area contributed by atoms with Crippen molar-refractivity contribution in [3.63, 3.8) is 0 Å². The Hall–Kier alpha value is -3.48. The topological polar surface area (TPSA) is 60.1 Å². The number of hydrogen-bond donors (Lipinski definition) is 0. The predicted molar refractivity (Wildman–Crippen MR) is 102 cm³/mol. The summed E-state index contributed by atoms with van der Waals surface area (Å²) < 4.78 is 15.7. The van der Waals surface area contributed by atoms with Gasteiger partial charge in [0.2, 0.25) is 5.95 Å². The molecule has 0 aliphatic carbocycles. The Morgan fingerprint density at radius 2 is 1.70 bits per heavy atom. The molecule has 1 aliphatic heterocycles. The molecule has 6 nitrogen and oxygen atoms in total. The number of benzene rings is 2. The lowest BCUT2D eigenvalue weighted by atomic mass is 10.2. The van der Waals surface area contributed by atoms with Gasteiger partial charge in [-0.25, -0.2) is 9.07 Å². The van der Waals surface area contributed by atoms with E-state index in [1.54, 1.807) is 23.1 Å². The molecule has 0 bridgehead atoms. The van der Waals surface area contributed by atoms with E-state index in [4.69, 9.17) is 0 Å². The second kappa shape index (κ2) is 7.03.